The molecular formula is C25H33N3O3. The minimum atomic E-state index is -0.0757. The Morgan fingerprint density at radius 1 is 1.06 bits per heavy atom. The molecule has 0 aliphatic carbocycles. The zero-order valence-electron chi connectivity index (χ0n) is 18.7. The van der Waals surface area contributed by atoms with Crippen LogP contribution in [0.4, 0.5) is 0 Å². The first kappa shape index (κ1) is 21.6. The molecule has 0 bridgehead atoms. The van der Waals surface area contributed by atoms with Crippen LogP contribution in [0, 0.1) is 25.7 Å². The Balaban J connectivity index is 1.35. The first-order chi connectivity index (χ1) is 15.0. The Morgan fingerprint density at radius 2 is 1.81 bits per heavy atom. The number of rotatable bonds is 5. The van der Waals surface area contributed by atoms with Crippen molar-refractivity contribution in [3.05, 3.63) is 53.2 Å². The molecule has 2 aliphatic heterocycles. The van der Waals surface area contributed by atoms with Gasteiger partial charge in [-0.25, -0.2) is 4.98 Å². The van der Waals surface area contributed by atoms with Crippen molar-refractivity contribution in [1.29, 1.82) is 0 Å². The second kappa shape index (κ2) is 9.67. The van der Waals surface area contributed by atoms with Crippen LogP contribution < -0.4 is 0 Å². The van der Waals surface area contributed by atoms with E-state index in [1.165, 1.54) is 5.56 Å². The Hall–Kier alpha value is -2.63. The molecule has 3 heterocycles. The maximum absolute atomic E-state index is 13.4. The van der Waals surface area contributed by atoms with Crippen LogP contribution in [0.2, 0.25) is 0 Å². The van der Waals surface area contributed by atoms with E-state index in [9.17, 15) is 9.59 Å². The van der Waals surface area contributed by atoms with Gasteiger partial charge in [0.2, 0.25) is 11.7 Å². The average molecular weight is 424 g/mol. The second-order valence-corrected chi connectivity index (χ2v) is 8.94. The van der Waals surface area contributed by atoms with Gasteiger partial charge in [-0.15, -0.1) is 0 Å². The highest BCUT2D eigenvalue weighted by Crippen LogP contribution is 2.33. The van der Waals surface area contributed by atoms with E-state index in [0.717, 1.165) is 51.6 Å². The molecule has 1 aromatic heterocycles. The van der Waals surface area contributed by atoms with Gasteiger partial charge in [0, 0.05) is 39.0 Å². The summed E-state index contributed by atoms with van der Waals surface area (Å²) < 4.78 is 5.52. The van der Waals surface area contributed by atoms with Crippen LogP contribution in [0.3, 0.4) is 0 Å². The molecule has 0 unspecified atom stereocenters. The number of carbonyl (C=O) groups excluding carboxylic acids is 2. The van der Waals surface area contributed by atoms with E-state index >= 15 is 0 Å². The van der Waals surface area contributed by atoms with Gasteiger partial charge in [-0.2, -0.15) is 0 Å². The molecule has 1 aromatic carbocycles. The summed E-state index contributed by atoms with van der Waals surface area (Å²) in [6, 6.07) is 10.4. The first-order valence-corrected chi connectivity index (χ1v) is 11.6. The van der Waals surface area contributed by atoms with Crippen molar-refractivity contribution in [2.75, 3.05) is 26.2 Å². The summed E-state index contributed by atoms with van der Waals surface area (Å²) in [5, 5.41) is 0. The minimum Gasteiger partial charge on any atom is -0.436 e. The molecule has 0 saturated carbocycles. The van der Waals surface area contributed by atoms with Crippen molar-refractivity contribution in [2.45, 2.75) is 52.4 Å². The monoisotopic (exact) mass is 423 g/mol. The van der Waals surface area contributed by atoms with E-state index in [-0.39, 0.29) is 11.8 Å². The third-order valence-corrected chi connectivity index (χ3v) is 6.83. The molecule has 2 saturated heterocycles. The average Bonchev–Trinajstić information content (AvgIpc) is 3.02. The van der Waals surface area contributed by atoms with Gasteiger partial charge < -0.3 is 14.2 Å². The van der Waals surface area contributed by atoms with Gasteiger partial charge in [0.1, 0.15) is 0 Å². The molecular weight excluding hydrogens is 390 g/mol. The van der Waals surface area contributed by atoms with Gasteiger partial charge in [0.25, 0.3) is 5.91 Å². The number of likely N-dealkylation sites (tertiary alicyclic amines) is 2. The summed E-state index contributed by atoms with van der Waals surface area (Å²) >= 11 is 0. The number of hydrogen-bond acceptors (Lipinski definition) is 4. The Labute approximate surface area is 184 Å². The van der Waals surface area contributed by atoms with E-state index < -0.39 is 0 Å². The Kier molecular flexibility index (Phi) is 6.73. The molecule has 0 radical (unpaired) electrons. The molecule has 31 heavy (non-hydrogen) atoms. The molecule has 0 spiro atoms. The molecule has 2 amide bonds. The van der Waals surface area contributed by atoms with Crippen molar-refractivity contribution in [2.24, 2.45) is 11.8 Å². The number of aromatic nitrogens is 1. The number of carbonyl (C=O) groups is 2. The van der Waals surface area contributed by atoms with Gasteiger partial charge >= 0.3 is 0 Å². The summed E-state index contributed by atoms with van der Waals surface area (Å²) in [6.07, 6.45) is 5.82. The molecule has 6 heteroatoms. The summed E-state index contributed by atoms with van der Waals surface area (Å²) in [6.45, 7) is 6.58. The predicted molar refractivity (Wildman–Crippen MR) is 119 cm³/mol. The fourth-order valence-electron chi connectivity index (χ4n) is 5.08. The van der Waals surface area contributed by atoms with Crippen molar-refractivity contribution in [1.82, 2.24) is 14.8 Å². The molecule has 2 aliphatic rings. The summed E-state index contributed by atoms with van der Waals surface area (Å²) in [5.74, 6) is 1.56. The number of nitrogens with zero attached hydrogens (tertiary/aromatic N) is 3. The Morgan fingerprint density at radius 3 is 2.48 bits per heavy atom. The third-order valence-electron chi connectivity index (χ3n) is 6.83. The maximum Gasteiger partial charge on any atom is 0.291 e. The van der Waals surface area contributed by atoms with Crippen molar-refractivity contribution >= 4 is 11.8 Å². The van der Waals surface area contributed by atoms with E-state index in [2.05, 4.69) is 34.1 Å². The topological polar surface area (TPSA) is 66.7 Å². The minimum absolute atomic E-state index is 0.0757. The number of oxazole rings is 1. The highest BCUT2D eigenvalue weighted by molar-refractivity contribution is 5.92. The zero-order valence-corrected chi connectivity index (χ0v) is 18.7. The van der Waals surface area contributed by atoms with Crippen LogP contribution in [0.25, 0.3) is 0 Å². The number of amides is 2. The first-order valence-electron chi connectivity index (χ1n) is 11.6. The fourth-order valence-corrected chi connectivity index (χ4v) is 5.08. The molecule has 0 N–H and O–H groups in total. The van der Waals surface area contributed by atoms with Crippen molar-refractivity contribution in [3.8, 4) is 0 Å². The summed E-state index contributed by atoms with van der Waals surface area (Å²) in [5.41, 5.74) is 1.93. The van der Waals surface area contributed by atoms with Crippen molar-refractivity contribution < 1.29 is 14.0 Å². The predicted octanol–water partition coefficient (Wildman–Crippen LogP) is 4.02. The lowest BCUT2D eigenvalue weighted by molar-refractivity contribution is -0.137. The molecule has 4 rings (SSSR count). The van der Waals surface area contributed by atoms with Crippen LogP contribution in [0.5, 0.6) is 0 Å². The third kappa shape index (κ3) is 5.00. The highest BCUT2D eigenvalue weighted by Gasteiger charge is 2.36. The lowest BCUT2D eigenvalue weighted by Gasteiger charge is -2.36. The lowest BCUT2D eigenvalue weighted by atomic mass is 9.81. The number of benzene rings is 1. The normalized spacial score (nSPS) is 20.7. The van der Waals surface area contributed by atoms with Crippen molar-refractivity contribution in [3.63, 3.8) is 0 Å². The van der Waals surface area contributed by atoms with Crippen LogP contribution in [-0.4, -0.2) is 52.8 Å². The van der Waals surface area contributed by atoms with E-state index in [1.807, 2.05) is 17.9 Å². The number of piperidine rings is 1. The van der Waals surface area contributed by atoms with Gasteiger partial charge in [-0.3, -0.25) is 9.59 Å². The smallest absolute Gasteiger partial charge is 0.291 e. The largest absolute Gasteiger partial charge is 0.436 e. The van der Waals surface area contributed by atoms with Crippen LogP contribution >= 0.6 is 0 Å². The molecule has 2 aromatic rings. The molecule has 6 nitrogen and oxygen atoms in total. The highest BCUT2D eigenvalue weighted by atomic mass is 16.4. The standard InChI is InChI=1S/C25H33N3O3/c1-18-23(31-19(2)26-18)25(30)28-16-12-21(13-17-28)22-10-6-7-14-27(24(22)29)15-11-20-8-4-3-5-9-20/h3-5,8-9,21-22H,6-7,10-17H2,1-2H3/t22-/m0/s1. The SMILES string of the molecule is Cc1nc(C)c(C(=O)N2CCC([C@@H]3CCCCN(CCc4ccccc4)C3=O)CC2)o1. The second-order valence-electron chi connectivity index (χ2n) is 8.94. The summed E-state index contributed by atoms with van der Waals surface area (Å²) in [7, 11) is 0. The molecule has 2 fully saturated rings. The van der Waals surface area contributed by atoms with Gasteiger partial charge in [0.05, 0.1) is 5.69 Å². The van der Waals surface area contributed by atoms with E-state index in [0.29, 0.717) is 42.3 Å². The van der Waals surface area contributed by atoms with E-state index in [4.69, 9.17) is 4.42 Å². The van der Waals surface area contributed by atoms with Crippen LogP contribution in [0.1, 0.15) is 59.8 Å². The van der Waals surface area contributed by atoms with E-state index in [1.54, 1.807) is 6.92 Å². The van der Waals surface area contributed by atoms with Gasteiger partial charge in [-0.05, 0) is 50.5 Å². The molecule has 1 atom stereocenters. The van der Waals surface area contributed by atoms with Crippen LogP contribution in [-0.2, 0) is 11.2 Å². The lowest BCUT2D eigenvalue weighted by Crippen LogP contribution is -2.44. The quantitative estimate of drug-likeness (QED) is 0.729. The zero-order chi connectivity index (χ0) is 21.8. The summed E-state index contributed by atoms with van der Waals surface area (Å²) in [4.78, 5) is 34.4. The maximum atomic E-state index is 13.4. The molecule has 166 valence electrons. The number of aryl methyl sites for hydroxylation is 2. The van der Waals surface area contributed by atoms with Crippen LogP contribution in [0.15, 0.2) is 34.7 Å². The fraction of sp³-hybridized carbons (Fsp3) is 0.560. The Bertz CT molecular complexity index is 900. The van der Waals surface area contributed by atoms with Gasteiger partial charge in [0.15, 0.2) is 5.89 Å². The number of hydrogen-bond donors (Lipinski definition) is 0. The van der Waals surface area contributed by atoms with Gasteiger partial charge in [-0.1, -0.05) is 36.8 Å².